The molecule has 2 aromatic carbocycles. The molecule has 2 saturated heterocycles. The lowest BCUT2D eigenvalue weighted by Gasteiger charge is -2.32. The summed E-state index contributed by atoms with van der Waals surface area (Å²) in [6.07, 6.45) is 2.94. The zero-order valence-corrected chi connectivity index (χ0v) is 21.5. The van der Waals surface area contributed by atoms with Gasteiger partial charge in [-0.05, 0) is 49.7 Å². The Kier molecular flexibility index (Phi) is 9.12. The summed E-state index contributed by atoms with van der Waals surface area (Å²) < 4.78 is 0. The van der Waals surface area contributed by atoms with Crippen molar-refractivity contribution in [2.45, 2.75) is 69.1 Å². The van der Waals surface area contributed by atoms with E-state index in [0.717, 1.165) is 11.1 Å². The Labute approximate surface area is 223 Å². The van der Waals surface area contributed by atoms with Crippen molar-refractivity contribution in [2.24, 2.45) is 5.73 Å². The van der Waals surface area contributed by atoms with Crippen molar-refractivity contribution < 1.29 is 24.3 Å². The first kappa shape index (κ1) is 27.3. The molecule has 38 heavy (non-hydrogen) atoms. The molecule has 0 saturated carbocycles. The number of carboxylic acids is 1. The highest BCUT2D eigenvalue weighted by Crippen LogP contribution is 2.26. The van der Waals surface area contributed by atoms with Gasteiger partial charge in [0.05, 0.1) is 12.5 Å². The van der Waals surface area contributed by atoms with Crippen LogP contribution in [-0.4, -0.2) is 75.9 Å². The number of aliphatic carboxylic acids is 1. The molecule has 2 aliphatic rings. The number of nitrogens with two attached hydrogens (primary N) is 1. The monoisotopic (exact) mass is 520 g/mol. The quantitative estimate of drug-likeness (QED) is 0.437. The van der Waals surface area contributed by atoms with Crippen LogP contribution in [0, 0.1) is 0 Å². The number of carbonyl (C=O) groups is 4. The van der Waals surface area contributed by atoms with Crippen molar-refractivity contribution in [1.29, 1.82) is 0 Å². The van der Waals surface area contributed by atoms with Crippen LogP contribution in [0.1, 0.15) is 43.2 Å². The number of amides is 3. The zero-order chi connectivity index (χ0) is 27.1. The molecule has 2 heterocycles. The van der Waals surface area contributed by atoms with Gasteiger partial charge in [-0.3, -0.25) is 19.2 Å². The molecule has 4 N–H and O–H groups in total. The third-order valence-electron chi connectivity index (χ3n) is 7.37. The van der Waals surface area contributed by atoms with Gasteiger partial charge in [0.25, 0.3) is 0 Å². The number of carboxylic acid groups (broad SMARTS) is 1. The van der Waals surface area contributed by atoms with Crippen LogP contribution in [0.3, 0.4) is 0 Å². The first-order valence-corrected chi connectivity index (χ1v) is 13.3. The van der Waals surface area contributed by atoms with E-state index in [1.54, 1.807) is 9.80 Å². The van der Waals surface area contributed by atoms with Gasteiger partial charge in [-0.25, -0.2) is 0 Å². The van der Waals surface area contributed by atoms with Crippen LogP contribution in [0.2, 0.25) is 0 Å². The molecule has 3 amide bonds. The average molecular weight is 521 g/mol. The van der Waals surface area contributed by atoms with Crippen LogP contribution in [0.5, 0.6) is 0 Å². The van der Waals surface area contributed by atoms with E-state index in [2.05, 4.69) is 5.32 Å². The number of benzene rings is 2. The second-order valence-corrected chi connectivity index (χ2v) is 10.2. The lowest BCUT2D eigenvalue weighted by atomic mass is 10.0. The fraction of sp³-hybridized carbons (Fsp3) is 0.448. The van der Waals surface area contributed by atoms with Crippen molar-refractivity contribution in [1.82, 2.24) is 15.1 Å². The van der Waals surface area contributed by atoms with E-state index >= 15 is 0 Å². The van der Waals surface area contributed by atoms with Gasteiger partial charge in [-0.2, -0.15) is 0 Å². The third-order valence-corrected chi connectivity index (χ3v) is 7.37. The van der Waals surface area contributed by atoms with E-state index in [4.69, 9.17) is 5.73 Å². The molecule has 9 nitrogen and oxygen atoms in total. The summed E-state index contributed by atoms with van der Waals surface area (Å²) in [7, 11) is 0. The molecule has 0 radical (unpaired) electrons. The Balaban J connectivity index is 1.41. The molecule has 1 unspecified atom stereocenters. The fourth-order valence-corrected chi connectivity index (χ4v) is 5.53. The Morgan fingerprint density at radius 2 is 1.39 bits per heavy atom. The molecule has 0 aromatic heterocycles. The van der Waals surface area contributed by atoms with Crippen LogP contribution in [0.15, 0.2) is 60.7 Å². The first-order valence-electron chi connectivity index (χ1n) is 13.3. The van der Waals surface area contributed by atoms with Crippen molar-refractivity contribution >= 4 is 23.7 Å². The fourth-order valence-electron chi connectivity index (χ4n) is 5.53. The highest BCUT2D eigenvalue weighted by molar-refractivity contribution is 5.94. The molecule has 9 heteroatoms. The normalized spacial score (nSPS) is 20.7. The van der Waals surface area contributed by atoms with E-state index in [9.17, 15) is 24.3 Å². The van der Waals surface area contributed by atoms with Crippen LogP contribution in [-0.2, 0) is 32.0 Å². The number of nitrogens with zero attached hydrogens (tertiary/aromatic N) is 2. The SMILES string of the molecule is N[C@@H](Cc1ccccc1)C(=O)N1CCC[C@H]1C(=O)N1CCC[C@H]1C(=O)NC(CC(=O)O)Cc1ccccc1. The highest BCUT2D eigenvalue weighted by atomic mass is 16.4. The van der Waals surface area contributed by atoms with Gasteiger partial charge in [0, 0.05) is 19.1 Å². The molecular weight excluding hydrogens is 484 g/mol. The largest absolute Gasteiger partial charge is 0.481 e. The number of nitrogens with one attached hydrogen (secondary N) is 1. The van der Waals surface area contributed by atoms with E-state index < -0.39 is 30.1 Å². The predicted molar refractivity (Wildman–Crippen MR) is 142 cm³/mol. The molecule has 2 aromatic rings. The lowest BCUT2D eigenvalue weighted by Crippen LogP contribution is -2.56. The number of rotatable bonds is 10. The standard InChI is InChI=1S/C29H36N4O5/c30-23(18-21-11-5-2-6-12-21)28(37)33-16-8-14-25(33)29(38)32-15-7-13-24(32)27(36)31-22(19-26(34)35)17-20-9-3-1-4-10-20/h1-6,9-12,22-25H,7-8,13-19,30H2,(H,31,36)(H,34,35)/t22?,23-,24-,25-/m0/s1. The van der Waals surface area contributed by atoms with Gasteiger partial charge in [0.15, 0.2) is 0 Å². The van der Waals surface area contributed by atoms with Gasteiger partial charge in [0.2, 0.25) is 17.7 Å². The third kappa shape index (κ3) is 6.77. The topological polar surface area (TPSA) is 133 Å². The van der Waals surface area contributed by atoms with Gasteiger partial charge in [-0.15, -0.1) is 0 Å². The summed E-state index contributed by atoms with van der Waals surface area (Å²) in [4.78, 5) is 54.7. The van der Waals surface area contributed by atoms with Gasteiger partial charge < -0.3 is 26.0 Å². The van der Waals surface area contributed by atoms with E-state index in [-0.39, 0.29) is 24.1 Å². The van der Waals surface area contributed by atoms with E-state index in [1.165, 1.54) is 0 Å². The number of hydrogen-bond acceptors (Lipinski definition) is 5. The summed E-state index contributed by atoms with van der Waals surface area (Å²) in [6, 6.07) is 16.2. The number of likely N-dealkylation sites (tertiary alicyclic amines) is 2. The Bertz CT molecular complexity index is 1130. The van der Waals surface area contributed by atoms with E-state index in [0.29, 0.717) is 51.6 Å². The Hall–Kier alpha value is -3.72. The second kappa shape index (κ2) is 12.7. The lowest BCUT2D eigenvalue weighted by molar-refractivity contribution is -0.147. The van der Waals surface area contributed by atoms with Gasteiger partial charge in [0.1, 0.15) is 12.1 Å². The maximum atomic E-state index is 13.6. The summed E-state index contributed by atoms with van der Waals surface area (Å²) in [5.74, 6) is -1.85. The van der Waals surface area contributed by atoms with Crippen LogP contribution < -0.4 is 11.1 Å². The molecule has 4 rings (SSSR count). The second-order valence-electron chi connectivity index (χ2n) is 10.2. The van der Waals surface area contributed by atoms with Crippen LogP contribution in [0.25, 0.3) is 0 Å². The smallest absolute Gasteiger partial charge is 0.305 e. The molecule has 0 bridgehead atoms. The first-order chi connectivity index (χ1) is 18.3. The highest BCUT2D eigenvalue weighted by Gasteiger charge is 2.43. The number of hydrogen-bond donors (Lipinski definition) is 3. The molecule has 0 aliphatic carbocycles. The molecule has 202 valence electrons. The maximum Gasteiger partial charge on any atom is 0.305 e. The zero-order valence-electron chi connectivity index (χ0n) is 21.5. The van der Waals surface area contributed by atoms with Crippen molar-refractivity contribution in [3.63, 3.8) is 0 Å². The van der Waals surface area contributed by atoms with Crippen LogP contribution in [0.4, 0.5) is 0 Å². The summed E-state index contributed by atoms with van der Waals surface area (Å²) >= 11 is 0. The molecule has 2 fully saturated rings. The minimum Gasteiger partial charge on any atom is -0.481 e. The Morgan fingerprint density at radius 3 is 2.00 bits per heavy atom. The predicted octanol–water partition coefficient (Wildman–Crippen LogP) is 1.74. The molecular formula is C29H36N4O5. The minimum atomic E-state index is -1.00. The van der Waals surface area contributed by atoms with Crippen LogP contribution >= 0.6 is 0 Å². The van der Waals surface area contributed by atoms with Gasteiger partial charge in [-0.1, -0.05) is 60.7 Å². The average Bonchev–Trinajstić information content (AvgIpc) is 3.59. The van der Waals surface area contributed by atoms with Crippen molar-refractivity contribution in [3.05, 3.63) is 71.8 Å². The molecule has 2 aliphatic heterocycles. The molecule has 4 atom stereocenters. The van der Waals surface area contributed by atoms with Crippen molar-refractivity contribution in [3.8, 4) is 0 Å². The summed E-state index contributed by atoms with van der Waals surface area (Å²) in [5, 5.41) is 12.3. The Morgan fingerprint density at radius 1 is 0.842 bits per heavy atom. The molecule has 0 spiro atoms. The van der Waals surface area contributed by atoms with Crippen molar-refractivity contribution in [2.75, 3.05) is 13.1 Å². The number of carbonyl (C=O) groups excluding carboxylic acids is 3. The summed E-state index contributed by atoms with van der Waals surface area (Å²) in [5.41, 5.74) is 8.13. The summed E-state index contributed by atoms with van der Waals surface area (Å²) in [6.45, 7) is 0.883. The van der Waals surface area contributed by atoms with Gasteiger partial charge >= 0.3 is 5.97 Å². The van der Waals surface area contributed by atoms with E-state index in [1.807, 2.05) is 60.7 Å². The minimum absolute atomic E-state index is 0.217. The maximum absolute atomic E-state index is 13.6.